The average Bonchev–Trinajstić information content (AvgIpc) is 2.86. The summed E-state index contributed by atoms with van der Waals surface area (Å²) < 4.78 is 5.48. The van der Waals surface area contributed by atoms with Gasteiger partial charge in [-0.15, -0.1) is 0 Å². The van der Waals surface area contributed by atoms with Gasteiger partial charge in [-0.2, -0.15) is 0 Å². The van der Waals surface area contributed by atoms with Crippen molar-refractivity contribution >= 4 is 18.0 Å². The first-order chi connectivity index (χ1) is 10.2. The Hall–Kier alpha value is -2.10. The fraction of sp³-hybridized carbons (Fsp3) is 0.412. The van der Waals surface area contributed by atoms with Crippen LogP contribution < -0.4 is 0 Å². The summed E-state index contributed by atoms with van der Waals surface area (Å²) >= 11 is 0. The molecule has 4 nitrogen and oxygen atoms in total. The third kappa shape index (κ3) is 3.15. The van der Waals surface area contributed by atoms with Crippen molar-refractivity contribution in [2.45, 2.75) is 31.3 Å². The molecule has 0 saturated carbocycles. The minimum Gasteiger partial charge on any atom is -0.457 e. The fourth-order valence-corrected chi connectivity index (χ4v) is 3.08. The Morgan fingerprint density at radius 1 is 1.24 bits per heavy atom. The van der Waals surface area contributed by atoms with Crippen LogP contribution in [-0.4, -0.2) is 35.5 Å². The minimum atomic E-state index is -0.425. The Morgan fingerprint density at radius 2 is 2.05 bits per heavy atom. The van der Waals surface area contributed by atoms with E-state index in [4.69, 9.17) is 4.74 Å². The van der Waals surface area contributed by atoms with Gasteiger partial charge in [0.15, 0.2) is 0 Å². The van der Waals surface area contributed by atoms with Crippen LogP contribution in [0.3, 0.4) is 0 Å². The second-order valence-electron chi connectivity index (χ2n) is 5.76. The number of ether oxygens (including phenoxy) is 1. The van der Waals surface area contributed by atoms with Crippen molar-refractivity contribution in [3.63, 3.8) is 0 Å². The van der Waals surface area contributed by atoms with E-state index in [0.717, 1.165) is 31.4 Å². The molecule has 1 atom stereocenters. The van der Waals surface area contributed by atoms with E-state index in [0.29, 0.717) is 13.0 Å². The summed E-state index contributed by atoms with van der Waals surface area (Å²) in [6.45, 7) is 1.26. The van der Waals surface area contributed by atoms with Gasteiger partial charge in [-0.3, -0.25) is 9.59 Å². The summed E-state index contributed by atoms with van der Waals surface area (Å²) in [6.07, 6.45) is 6.39. The molecule has 0 unspecified atom stereocenters. The van der Waals surface area contributed by atoms with Crippen LogP contribution in [0.4, 0.5) is 0 Å². The van der Waals surface area contributed by atoms with E-state index < -0.39 is 5.60 Å². The van der Waals surface area contributed by atoms with Gasteiger partial charge in [0, 0.05) is 19.0 Å². The molecule has 2 aliphatic heterocycles. The molecule has 1 aromatic carbocycles. The third-order valence-electron chi connectivity index (χ3n) is 4.18. The van der Waals surface area contributed by atoms with E-state index in [1.54, 1.807) is 11.0 Å². The predicted molar refractivity (Wildman–Crippen MR) is 79.3 cm³/mol. The molecule has 21 heavy (non-hydrogen) atoms. The number of nitrogens with zero attached hydrogens (tertiary/aromatic N) is 1. The third-order valence-corrected chi connectivity index (χ3v) is 4.18. The Balaban J connectivity index is 1.65. The van der Waals surface area contributed by atoms with Crippen molar-refractivity contribution in [3.8, 4) is 0 Å². The van der Waals surface area contributed by atoms with Crippen molar-refractivity contribution in [2.24, 2.45) is 0 Å². The van der Waals surface area contributed by atoms with Gasteiger partial charge in [0.25, 0.3) is 0 Å². The van der Waals surface area contributed by atoms with E-state index in [-0.39, 0.29) is 11.9 Å². The topological polar surface area (TPSA) is 46.6 Å². The summed E-state index contributed by atoms with van der Waals surface area (Å²) in [4.78, 5) is 25.4. The highest BCUT2D eigenvalue weighted by molar-refractivity contribution is 5.92. The minimum absolute atomic E-state index is 0.0131. The summed E-state index contributed by atoms with van der Waals surface area (Å²) in [5.74, 6) is -0.148. The van der Waals surface area contributed by atoms with Gasteiger partial charge in [0.1, 0.15) is 5.60 Å². The number of carbonyl (C=O) groups is 2. The maximum Gasteiger partial charge on any atom is 0.306 e. The molecule has 2 fully saturated rings. The molecule has 0 aromatic heterocycles. The van der Waals surface area contributed by atoms with E-state index in [1.165, 1.54) is 0 Å². The fourth-order valence-electron chi connectivity index (χ4n) is 3.08. The van der Waals surface area contributed by atoms with Gasteiger partial charge >= 0.3 is 5.97 Å². The molecule has 0 bridgehead atoms. The van der Waals surface area contributed by atoms with E-state index >= 15 is 0 Å². The number of esters is 1. The van der Waals surface area contributed by atoms with Crippen LogP contribution in [0.5, 0.6) is 0 Å². The molecule has 0 aliphatic carbocycles. The van der Waals surface area contributed by atoms with Crippen LogP contribution >= 0.6 is 0 Å². The maximum absolute atomic E-state index is 12.3. The van der Waals surface area contributed by atoms with Crippen LogP contribution in [0.2, 0.25) is 0 Å². The van der Waals surface area contributed by atoms with Gasteiger partial charge in [0.2, 0.25) is 5.91 Å². The maximum atomic E-state index is 12.3. The number of piperidine rings is 1. The van der Waals surface area contributed by atoms with Crippen molar-refractivity contribution in [2.75, 3.05) is 13.1 Å². The Bertz CT molecular complexity index is 567. The van der Waals surface area contributed by atoms with Crippen LogP contribution in [0, 0.1) is 0 Å². The highest BCUT2D eigenvalue weighted by Gasteiger charge is 2.44. The quantitative estimate of drug-likeness (QED) is 0.619. The number of benzene rings is 1. The van der Waals surface area contributed by atoms with Crippen LogP contribution in [0.25, 0.3) is 6.08 Å². The van der Waals surface area contributed by atoms with Gasteiger partial charge in [-0.05, 0) is 30.9 Å². The largest absolute Gasteiger partial charge is 0.457 e. The van der Waals surface area contributed by atoms with E-state index in [9.17, 15) is 9.59 Å². The Morgan fingerprint density at radius 3 is 2.76 bits per heavy atom. The van der Waals surface area contributed by atoms with Crippen LogP contribution in [0.15, 0.2) is 36.4 Å². The molecule has 2 heterocycles. The second kappa shape index (κ2) is 5.72. The second-order valence-corrected chi connectivity index (χ2v) is 5.76. The number of hydrogen-bond donors (Lipinski definition) is 0. The van der Waals surface area contributed by atoms with Gasteiger partial charge < -0.3 is 9.64 Å². The lowest BCUT2D eigenvalue weighted by molar-refractivity contribution is -0.155. The molecular weight excluding hydrogens is 266 g/mol. The van der Waals surface area contributed by atoms with Gasteiger partial charge in [0.05, 0.1) is 6.54 Å². The van der Waals surface area contributed by atoms with E-state index in [2.05, 4.69) is 0 Å². The average molecular weight is 285 g/mol. The molecule has 1 aromatic rings. The van der Waals surface area contributed by atoms with Crippen LogP contribution in [-0.2, 0) is 14.3 Å². The normalized spacial score (nSPS) is 25.5. The van der Waals surface area contributed by atoms with Crippen LogP contribution in [0.1, 0.15) is 31.2 Å². The molecule has 110 valence electrons. The SMILES string of the molecule is O=C1CC[C@]2(CCCN(C(=O)/C=C/c3ccccc3)C2)O1. The number of likely N-dealkylation sites (tertiary alicyclic amines) is 1. The number of amides is 1. The zero-order valence-electron chi connectivity index (χ0n) is 12.0. The number of hydrogen-bond acceptors (Lipinski definition) is 3. The Labute approximate surface area is 124 Å². The highest BCUT2D eigenvalue weighted by atomic mass is 16.6. The lowest BCUT2D eigenvalue weighted by Crippen LogP contribution is -2.49. The Kier molecular flexibility index (Phi) is 3.78. The molecule has 1 amide bonds. The van der Waals surface area contributed by atoms with Crippen molar-refractivity contribution in [1.82, 2.24) is 4.90 Å². The summed E-state index contributed by atoms with van der Waals surface area (Å²) in [5.41, 5.74) is 0.579. The number of carbonyl (C=O) groups excluding carboxylic acids is 2. The molecular formula is C17H19NO3. The smallest absolute Gasteiger partial charge is 0.306 e. The predicted octanol–water partition coefficient (Wildman–Crippen LogP) is 2.40. The summed E-state index contributed by atoms with van der Waals surface area (Å²) in [7, 11) is 0. The monoisotopic (exact) mass is 285 g/mol. The zero-order valence-corrected chi connectivity index (χ0v) is 12.0. The standard InChI is InChI=1S/C17H19NO3/c19-15(8-7-14-5-2-1-3-6-14)18-12-4-10-17(13-18)11-9-16(20)21-17/h1-3,5-8H,4,9-13H2/b8-7+/t17-/m0/s1. The summed E-state index contributed by atoms with van der Waals surface area (Å²) in [6, 6.07) is 9.75. The van der Waals surface area contributed by atoms with E-state index in [1.807, 2.05) is 36.4 Å². The zero-order chi connectivity index (χ0) is 14.7. The van der Waals surface area contributed by atoms with Crippen molar-refractivity contribution in [1.29, 1.82) is 0 Å². The molecule has 4 heteroatoms. The summed E-state index contributed by atoms with van der Waals surface area (Å²) in [5, 5.41) is 0. The highest BCUT2D eigenvalue weighted by Crippen LogP contribution is 2.35. The molecule has 0 N–H and O–H groups in total. The van der Waals surface area contributed by atoms with Crippen molar-refractivity contribution < 1.29 is 14.3 Å². The lowest BCUT2D eigenvalue weighted by atomic mass is 9.90. The molecule has 1 spiro atoms. The molecule has 0 radical (unpaired) electrons. The molecule has 2 saturated heterocycles. The molecule has 3 rings (SSSR count). The first-order valence-electron chi connectivity index (χ1n) is 7.41. The van der Waals surface area contributed by atoms with Gasteiger partial charge in [-0.25, -0.2) is 0 Å². The van der Waals surface area contributed by atoms with Gasteiger partial charge in [-0.1, -0.05) is 30.3 Å². The van der Waals surface area contributed by atoms with Crippen molar-refractivity contribution in [3.05, 3.63) is 42.0 Å². The first kappa shape index (κ1) is 13.9. The number of rotatable bonds is 2. The molecule has 2 aliphatic rings. The first-order valence-corrected chi connectivity index (χ1v) is 7.41. The lowest BCUT2D eigenvalue weighted by Gasteiger charge is -2.38.